The van der Waals surface area contributed by atoms with E-state index in [1.807, 2.05) is 0 Å². The molecule has 0 amide bonds. The van der Waals surface area contributed by atoms with Crippen LogP contribution in [0.25, 0.3) is 0 Å². The van der Waals surface area contributed by atoms with Crippen LogP contribution in [0, 0.1) is 11.8 Å². The molecule has 1 heterocycles. The van der Waals surface area contributed by atoms with Crippen molar-refractivity contribution in [1.82, 2.24) is 5.32 Å². The lowest BCUT2D eigenvalue weighted by molar-refractivity contribution is -0.136. The summed E-state index contributed by atoms with van der Waals surface area (Å²) >= 11 is 0. The van der Waals surface area contributed by atoms with E-state index >= 15 is 0 Å². The monoisotopic (exact) mass is 209 g/mol. The van der Waals surface area contributed by atoms with E-state index in [-0.39, 0.29) is 6.42 Å². The Bertz CT molecular complexity index is 161. The van der Waals surface area contributed by atoms with Crippen LogP contribution in [0.5, 0.6) is 0 Å². The SMILES string of the molecule is CC(CCCC(F)(F)F)C1CCNC1. The molecule has 0 aliphatic carbocycles. The third kappa shape index (κ3) is 4.31. The average molecular weight is 209 g/mol. The highest BCUT2D eigenvalue weighted by Gasteiger charge is 2.27. The summed E-state index contributed by atoms with van der Waals surface area (Å²) in [5.41, 5.74) is 0. The number of hydrogen-bond donors (Lipinski definition) is 1. The Balaban J connectivity index is 2.11. The second-order valence-corrected chi connectivity index (χ2v) is 4.24. The van der Waals surface area contributed by atoms with Crippen molar-refractivity contribution >= 4 is 0 Å². The normalized spacial score (nSPS) is 25.3. The summed E-state index contributed by atoms with van der Waals surface area (Å²) < 4.78 is 35.6. The van der Waals surface area contributed by atoms with Crippen LogP contribution in [0.2, 0.25) is 0 Å². The van der Waals surface area contributed by atoms with E-state index in [9.17, 15) is 13.2 Å². The number of nitrogens with one attached hydrogen (secondary N) is 1. The maximum absolute atomic E-state index is 11.9. The summed E-state index contributed by atoms with van der Waals surface area (Å²) in [6.07, 6.45) is -2.51. The van der Waals surface area contributed by atoms with E-state index in [1.165, 1.54) is 0 Å². The first-order valence-electron chi connectivity index (χ1n) is 5.26. The first-order valence-corrected chi connectivity index (χ1v) is 5.26. The number of hydrogen-bond acceptors (Lipinski definition) is 1. The van der Waals surface area contributed by atoms with E-state index in [0.29, 0.717) is 18.3 Å². The number of rotatable bonds is 4. The van der Waals surface area contributed by atoms with Crippen molar-refractivity contribution in [3.05, 3.63) is 0 Å². The summed E-state index contributed by atoms with van der Waals surface area (Å²) in [4.78, 5) is 0. The van der Waals surface area contributed by atoms with Crippen LogP contribution in [0.1, 0.15) is 32.6 Å². The zero-order valence-corrected chi connectivity index (χ0v) is 8.53. The van der Waals surface area contributed by atoms with Crippen LogP contribution in [-0.4, -0.2) is 19.3 Å². The Morgan fingerprint density at radius 2 is 2.14 bits per heavy atom. The molecule has 1 aliphatic heterocycles. The highest BCUT2D eigenvalue weighted by molar-refractivity contribution is 4.75. The van der Waals surface area contributed by atoms with Gasteiger partial charge in [-0.25, -0.2) is 0 Å². The molecular weight excluding hydrogens is 191 g/mol. The lowest BCUT2D eigenvalue weighted by atomic mass is 9.89. The van der Waals surface area contributed by atoms with Crippen LogP contribution < -0.4 is 5.32 Å². The molecule has 1 N–H and O–H groups in total. The highest BCUT2D eigenvalue weighted by atomic mass is 19.4. The van der Waals surface area contributed by atoms with Crippen molar-refractivity contribution in [3.63, 3.8) is 0 Å². The fourth-order valence-electron chi connectivity index (χ4n) is 2.02. The van der Waals surface area contributed by atoms with Gasteiger partial charge in [0.2, 0.25) is 0 Å². The van der Waals surface area contributed by atoms with E-state index in [1.54, 1.807) is 0 Å². The molecule has 1 aliphatic rings. The van der Waals surface area contributed by atoms with Crippen molar-refractivity contribution in [2.45, 2.75) is 38.8 Å². The molecule has 4 heteroatoms. The molecule has 0 aromatic heterocycles. The first-order chi connectivity index (χ1) is 6.49. The van der Waals surface area contributed by atoms with Crippen molar-refractivity contribution < 1.29 is 13.2 Å². The maximum Gasteiger partial charge on any atom is 0.389 e. The minimum Gasteiger partial charge on any atom is -0.316 e. The molecule has 2 unspecified atom stereocenters. The molecule has 1 nitrogen and oxygen atoms in total. The van der Waals surface area contributed by atoms with Gasteiger partial charge >= 0.3 is 6.18 Å². The average Bonchev–Trinajstić information content (AvgIpc) is 2.53. The van der Waals surface area contributed by atoms with E-state index < -0.39 is 12.6 Å². The molecule has 0 spiro atoms. The molecular formula is C10H18F3N. The largest absolute Gasteiger partial charge is 0.389 e. The minimum atomic E-state index is -3.98. The first kappa shape index (κ1) is 11.8. The zero-order valence-electron chi connectivity index (χ0n) is 8.53. The Labute approximate surface area is 83.1 Å². The van der Waals surface area contributed by atoms with Gasteiger partial charge in [-0.2, -0.15) is 13.2 Å². The van der Waals surface area contributed by atoms with Crippen LogP contribution in [-0.2, 0) is 0 Å². The molecule has 1 rings (SSSR count). The molecule has 0 saturated carbocycles. The summed E-state index contributed by atoms with van der Waals surface area (Å²) in [6, 6.07) is 0. The molecule has 1 saturated heterocycles. The topological polar surface area (TPSA) is 12.0 Å². The zero-order chi connectivity index (χ0) is 10.6. The Hall–Kier alpha value is -0.250. The van der Waals surface area contributed by atoms with E-state index in [0.717, 1.165) is 19.5 Å². The van der Waals surface area contributed by atoms with Gasteiger partial charge in [0.15, 0.2) is 0 Å². The van der Waals surface area contributed by atoms with Gasteiger partial charge in [-0.1, -0.05) is 13.3 Å². The third-order valence-corrected chi connectivity index (χ3v) is 3.02. The quantitative estimate of drug-likeness (QED) is 0.750. The van der Waals surface area contributed by atoms with Gasteiger partial charge in [0.25, 0.3) is 0 Å². The third-order valence-electron chi connectivity index (χ3n) is 3.02. The summed E-state index contributed by atoms with van der Waals surface area (Å²) in [6.45, 7) is 4.06. The van der Waals surface area contributed by atoms with Crippen molar-refractivity contribution in [3.8, 4) is 0 Å². The maximum atomic E-state index is 11.9. The second kappa shape index (κ2) is 5.01. The van der Waals surface area contributed by atoms with Crippen molar-refractivity contribution in [2.24, 2.45) is 11.8 Å². The molecule has 0 radical (unpaired) electrons. The number of halogens is 3. The predicted octanol–water partition coefficient (Wildman–Crippen LogP) is 2.96. The van der Waals surface area contributed by atoms with Gasteiger partial charge in [-0.3, -0.25) is 0 Å². The minimum absolute atomic E-state index is 0.279. The van der Waals surface area contributed by atoms with Crippen molar-refractivity contribution in [1.29, 1.82) is 0 Å². The lowest BCUT2D eigenvalue weighted by Crippen LogP contribution is -2.16. The molecule has 84 valence electrons. The fourth-order valence-corrected chi connectivity index (χ4v) is 2.02. The summed E-state index contributed by atoms with van der Waals surface area (Å²) in [5.74, 6) is 1.01. The standard InChI is InChI=1S/C10H18F3N/c1-8(9-4-6-14-7-9)3-2-5-10(11,12)13/h8-9,14H,2-7H2,1H3. The molecule has 0 aromatic rings. The fraction of sp³-hybridized carbons (Fsp3) is 1.00. The van der Waals surface area contributed by atoms with Gasteiger partial charge in [0.1, 0.15) is 0 Å². The molecule has 0 aromatic carbocycles. The van der Waals surface area contributed by atoms with E-state index in [2.05, 4.69) is 12.2 Å². The highest BCUT2D eigenvalue weighted by Crippen LogP contribution is 2.27. The molecule has 14 heavy (non-hydrogen) atoms. The van der Waals surface area contributed by atoms with Crippen molar-refractivity contribution in [2.75, 3.05) is 13.1 Å². The Morgan fingerprint density at radius 1 is 1.43 bits per heavy atom. The second-order valence-electron chi connectivity index (χ2n) is 4.24. The molecule has 0 bridgehead atoms. The smallest absolute Gasteiger partial charge is 0.316 e. The van der Waals surface area contributed by atoms with E-state index in [4.69, 9.17) is 0 Å². The number of alkyl halides is 3. The molecule has 2 atom stereocenters. The summed E-state index contributed by atoms with van der Waals surface area (Å²) in [7, 11) is 0. The van der Waals surface area contributed by atoms with Gasteiger partial charge in [0.05, 0.1) is 0 Å². The Morgan fingerprint density at radius 3 is 2.64 bits per heavy atom. The summed E-state index contributed by atoms with van der Waals surface area (Å²) in [5, 5.41) is 3.24. The van der Waals surface area contributed by atoms with Crippen LogP contribution in [0.4, 0.5) is 13.2 Å². The lowest BCUT2D eigenvalue weighted by Gasteiger charge is -2.18. The van der Waals surface area contributed by atoms with Gasteiger partial charge < -0.3 is 5.32 Å². The molecule has 1 fully saturated rings. The van der Waals surface area contributed by atoms with Gasteiger partial charge in [0, 0.05) is 6.42 Å². The van der Waals surface area contributed by atoms with Crippen LogP contribution in [0.15, 0.2) is 0 Å². The van der Waals surface area contributed by atoms with Crippen LogP contribution >= 0.6 is 0 Å². The Kier molecular flexibility index (Phi) is 4.23. The van der Waals surface area contributed by atoms with Gasteiger partial charge in [-0.05, 0) is 37.8 Å². The van der Waals surface area contributed by atoms with Crippen LogP contribution in [0.3, 0.4) is 0 Å². The van der Waals surface area contributed by atoms with Gasteiger partial charge in [-0.15, -0.1) is 0 Å². The predicted molar refractivity (Wildman–Crippen MR) is 50.0 cm³/mol.